The van der Waals surface area contributed by atoms with E-state index >= 15 is 0 Å². The molecule has 20 heavy (non-hydrogen) atoms. The molecule has 1 aliphatic rings. The number of aromatic carboxylic acids is 1. The molecule has 2 aromatic heterocycles. The molecule has 0 aliphatic heterocycles. The molecule has 2 heterocycles. The number of hydrogen-bond donors (Lipinski definition) is 1. The van der Waals surface area contributed by atoms with Crippen LogP contribution in [0.1, 0.15) is 54.8 Å². The van der Waals surface area contributed by atoms with E-state index in [9.17, 15) is 4.79 Å². The van der Waals surface area contributed by atoms with Crippen molar-refractivity contribution in [1.82, 2.24) is 14.6 Å². The lowest BCUT2D eigenvalue weighted by Crippen LogP contribution is -2.08. The molecule has 2 aromatic rings. The van der Waals surface area contributed by atoms with Gasteiger partial charge < -0.3 is 5.11 Å². The van der Waals surface area contributed by atoms with Crippen LogP contribution in [0.4, 0.5) is 0 Å². The van der Waals surface area contributed by atoms with E-state index in [1.165, 1.54) is 36.6 Å². The number of rotatable bonds is 4. The Hall–Kier alpha value is -1.91. The van der Waals surface area contributed by atoms with Crippen LogP contribution in [0.2, 0.25) is 0 Å². The van der Waals surface area contributed by atoms with E-state index in [0.717, 1.165) is 24.6 Å². The van der Waals surface area contributed by atoms with Crippen molar-refractivity contribution >= 4 is 11.6 Å². The molecule has 1 saturated carbocycles. The second-order valence-electron chi connectivity index (χ2n) is 5.56. The van der Waals surface area contributed by atoms with E-state index in [1.54, 1.807) is 18.2 Å². The maximum absolute atomic E-state index is 11.1. The maximum atomic E-state index is 11.1. The van der Waals surface area contributed by atoms with Crippen LogP contribution in [0.15, 0.2) is 18.2 Å². The molecule has 5 heteroatoms. The summed E-state index contributed by atoms with van der Waals surface area (Å²) < 4.78 is 1.43. The third-order valence-electron chi connectivity index (χ3n) is 4.12. The number of carbonyl (C=O) groups is 1. The highest BCUT2D eigenvalue weighted by Crippen LogP contribution is 2.27. The van der Waals surface area contributed by atoms with Crippen molar-refractivity contribution < 1.29 is 9.90 Å². The van der Waals surface area contributed by atoms with Gasteiger partial charge in [0.25, 0.3) is 0 Å². The van der Waals surface area contributed by atoms with Gasteiger partial charge >= 0.3 is 5.97 Å². The van der Waals surface area contributed by atoms with Crippen LogP contribution in [0.3, 0.4) is 0 Å². The number of carboxylic acid groups (broad SMARTS) is 1. The summed E-state index contributed by atoms with van der Waals surface area (Å²) in [6.45, 7) is 0. The second-order valence-corrected chi connectivity index (χ2v) is 5.56. The molecule has 0 saturated heterocycles. The first kappa shape index (κ1) is 13.1. The van der Waals surface area contributed by atoms with Crippen molar-refractivity contribution in [2.75, 3.05) is 0 Å². The van der Waals surface area contributed by atoms with Crippen molar-refractivity contribution in [2.45, 2.75) is 44.9 Å². The van der Waals surface area contributed by atoms with Gasteiger partial charge in [0.2, 0.25) is 0 Å². The molecule has 106 valence electrons. The van der Waals surface area contributed by atoms with Crippen LogP contribution in [-0.4, -0.2) is 25.7 Å². The van der Waals surface area contributed by atoms with Gasteiger partial charge in [-0.25, -0.2) is 14.3 Å². The van der Waals surface area contributed by atoms with Gasteiger partial charge in [-0.15, -0.1) is 0 Å². The van der Waals surface area contributed by atoms with Gasteiger partial charge in [-0.05, 0) is 24.5 Å². The Morgan fingerprint density at radius 1 is 1.30 bits per heavy atom. The first-order valence-corrected chi connectivity index (χ1v) is 7.32. The van der Waals surface area contributed by atoms with Crippen LogP contribution in [0, 0.1) is 5.92 Å². The molecule has 1 aliphatic carbocycles. The zero-order valence-electron chi connectivity index (χ0n) is 11.5. The molecular formula is C15H19N3O2. The van der Waals surface area contributed by atoms with Crippen LogP contribution < -0.4 is 0 Å². The molecule has 1 N–H and O–H groups in total. The average Bonchev–Trinajstić information content (AvgIpc) is 2.88. The molecular weight excluding hydrogens is 254 g/mol. The predicted octanol–water partition coefficient (Wildman–Crippen LogP) is 2.94. The zero-order valence-corrected chi connectivity index (χ0v) is 11.5. The number of fused-ring (bicyclic) bond motifs is 1. The molecule has 1 fully saturated rings. The van der Waals surface area contributed by atoms with Crippen LogP contribution in [0.25, 0.3) is 5.65 Å². The lowest BCUT2D eigenvalue weighted by molar-refractivity contribution is 0.0687. The Balaban J connectivity index is 1.75. The number of pyridine rings is 1. The summed E-state index contributed by atoms with van der Waals surface area (Å²) in [5.74, 6) is 0.568. The Morgan fingerprint density at radius 3 is 2.85 bits per heavy atom. The Bertz CT molecular complexity index is 615. The fraction of sp³-hybridized carbons (Fsp3) is 0.533. The van der Waals surface area contributed by atoms with Gasteiger partial charge in [0.15, 0.2) is 17.2 Å². The second kappa shape index (κ2) is 5.61. The highest BCUT2D eigenvalue weighted by atomic mass is 16.4. The molecule has 5 nitrogen and oxygen atoms in total. The molecule has 0 spiro atoms. The van der Waals surface area contributed by atoms with E-state index in [0.29, 0.717) is 5.65 Å². The van der Waals surface area contributed by atoms with Crippen LogP contribution in [-0.2, 0) is 6.42 Å². The van der Waals surface area contributed by atoms with Gasteiger partial charge in [-0.1, -0.05) is 38.2 Å². The molecule has 0 aromatic carbocycles. The maximum Gasteiger partial charge on any atom is 0.354 e. The number of hydrogen-bond acceptors (Lipinski definition) is 3. The fourth-order valence-corrected chi connectivity index (χ4v) is 3.03. The van der Waals surface area contributed by atoms with E-state index in [1.807, 2.05) is 0 Å². The highest BCUT2D eigenvalue weighted by molar-refractivity contribution is 5.86. The summed E-state index contributed by atoms with van der Waals surface area (Å²) in [5.41, 5.74) is 0.780. The largest absolute Gasteiger partial charge is 0.477 e. The van der Waals surface area contributed by atoms with Crippen molar-refractivity contribution in [3.63, 3.8) is 0 Å². The lowest BCUT2D eigenvalue weighted by atomic mass is 9.86. The lowest BCUT2D eigenvalue weighted by Gasteiger charge is -2.20. The Kier molecular flexibility index (Phi) is 3.67. The van der Waals surface area contributed by atoms with Crippen molar-refractivity contribution in [1.29, 1.82) is 0 Å². The summed E-state index contributed by atoms with van der Waals surface area (Å²) in [6.07, 6.45) is 8.62. The van der Waals surface area contributed by atoms with Gasteiger partial charge in [0.05, 0.1) is 0 Å². The third kappa shape index (κ3) is 2.66. The molecule has 0 unspecified atom stereocenters. The van der Waals surface area contributed by atoms with Gasteiger partial charge in [0.1, 0.15) is 0 Å². The van der Waals surface area contributed by atoms with E-state index in [4.69, 9.17) is 5.11 Å². The summed E-state index contributed by atoms with van der Waals surface area (Å²) in [7, 11) is 0. The zero-order chi connectivity index (χ0) is 13.9. The van der Waals surface area contributed by atoms with Crippen LogP contribution >= 0.6 is 0 Å². The average molecular weight is 273 g/mol. The molecule has 0 amide bonds. The Morgan fingerprint density at radius 2 is 2.10 bits per heavy atom. The predicted molar refractivity (Wildman–Crippen MR) is 74.8 cm³/mol. The summed E-state index contributed by atoms with van der Waals surface area (Å²) in [5, 5.41) is 13.5. The monoisotopic (exact) mass is 273 g/mol. The van der Waals surface area contributed by atoms with E-state index in [2.05, 4.69) is 10.1 Å². The standard InChI is InChI=1S/C15H19N3O2/c19-15(20)12-7-4-8-14-16-13(17-18(12)14)10-9-11-5-2-1-3-6-11/h4,7-8,11H,1-3,5-6,9-10H2,(H,19,20). The molecule has 0 radical (unpaired) electrons. The van der Waals surface area contributed by atoms with Gasteiger partial charge in [0, 0.05) is 6.42 Å². The number of carboxylic acids is 1. The minimum absolute atomic E-state index is 0.166. The first-order chi connectivity index (χ1) is 9.74. The summed E-state index contributed by atoms with van der Waals surface area (Å²) in [4.78, 5) is 15.6. The first-order valence-electron chi connectivity index (χ1n) is 7.32. The van der Waals surface area contributed by atoms with E-state index < -0.39 is 5.97 Å². The fourth-order valence-electron chi connectivity index (χ4n) is 3.03. The minimum Gasteiger partial charge on any atom is -0.477 e. The highest BCUT2D eigenvalue weighted by Gasteiger charge is 2.16. The van der Waals surface area contributed by atoms with Crippen molar-refractivity contribution in [3.8, 4) is 0 Å². The van der Waals surface area contributed by atoms with Crippen molar-refractivity contribution in [3.05, 3.63) is 29.7 Å². The normalized spacial score (nSPS) is 16.6. The van der Waals surface area contributed by atoms with Crippen LogP contribution in [0.5, 0.6) is 0 Å². The number of aromatic nitrogens is 3. The van der Waals surface area contributed by atoms with E-state index in [-0.39, 0.29) is 5.69 Å². The molecule has 0 atom stereocenters. The topological polar surface area (TPSA) is 67.5 Å². The summed E-state index contributed by atoms with van der Waals surface area (Å²) in [6, 6.07) is 5.05. The molecule has 0 bridgehead atoms. The molecule has 3 rings (SSSR count). The Labute approximate surface area is 117 Å². The summed E-state index contributed by atoms with van der Waals surface area (Å²) >= 11 is 0. The SMILES string of the molecule is O=C(O)c1cccc2nc(CCC3CCCCC3)nn12. The van der Waals surface area contributed by atoms with Gasteiger partial charge in [-0.3, -0.25) is 0 Å². The van der Waals surface area contributed by atoms with Crippen molar-refractivity contribution in [2.24, 2.45) is 5.92 Å². The third-order valence-corrected chi connectivity index (χ3v) is 4.12. The number of aryl methyl sites for hydroxylation is 1. The van der Waals surface area contributed by atoms with Gasteiger partial charge in [-0.2, -0.15) is 5.10 Å². The minimum atomic E-state index is -0.973. The number of nitrogens with zero attached hydrogens (tertiary/aromatic N) is 3. The quantitative estimate of drug-likeness (QED) is 0.930. The smallest absolute Gasteiger partial charge is 0.354 e.